The summed E-state index contributed by atoms with van der Waals surface area (Å²) in [7, 11) is 0. The Morgan fingerprint density at radius 3 is 2.58 bits per heavy atom. The molecule has 0 saturated carbocycles. The van der Waals surface area contributed by atoms with Crippen molar-refractivity contribution >= 4 is 23.2 Å². The molecule has 100 valence electrons. The van der Waals surface area contributed by atoms with E-state index in [1.807, 2.05) is 0 Å². The van der Waals surface area contributed by atoms with Crippen molar-refractivity contribution in [2.75, 3.05) is 0 Å². The Balaban J connectivity index is 2.12. The summed E-state index contributed by atoms with van der Waals surface area (Å²) >= 11 is 11.8. The second-order valence-electron chi connectivity index (χ2n) is 4.02. The average Bonchev–Trinajstić information content (AvgIpc) is 2.37. The van der Waals surface area contributed by atoms with E-state index in [2.05, 4.69) is 0 Å². The van der Waals surface area contributed by atoms with Gasteiger partial charge in [-0.2, -0.15) is 0 Å². The van der Waals surface area contributed by atoms with E-state index in [4.69, 9.17) is 33.7 Å². The van der Waals surface area contributed by atoms with Gasteiger partial charge in [0.25, 0.3) is 0 Å². The van der Waals surface area contributed by atoms with Crippen LogP contribution >= 0.6 is 23.2 Å². The molecule has 0 aliphatic rings. The van der Waals surface area contributed by atoms with E-state index in [1.165, 1.54) is 12.1 Å². The molecular weight excluding hydrogens is 288 g/mol. The Labute approximate surface area is 120 Å². The summed E-state index contributed by atoms with van der Waals surface area (Å²) in [5.41, 5.74) is 6.94. The van der Waals surface area contributed by atoms with Crippen LogP contribution in [0, 0.1) is 5.82 Å². The molecule has 19 heavy (non-hydrogen) atoms. The molecule has 5 heteroatoms. The third-order valence-electron chi connectivity index (χ3n) is 2.58. The van der Waals surface area contributed by atoms with Crippen LogP contribution in [0.1, 0.15) is 11.1 Å². The van der Waals surface area contributed by atoms with Crippen LogP contribution in [0.25, 0.3) is 0 Å². The molecule has 0 spiro atoms. The normalized spacial score (nSPS) is 10.5. The Kier molecular flexibility index (Phi) is 4.64. The fourth-order valence-electron chi connectivity index (χ4n) is 1.62. The Morgan fingerprint density at radius 1 is 1.11 bits per heavy atom. The maximum atomic E-state index is 13.3. The van der Waals surface area contributed by atoms with Crippen LogP contribution < -0.4 is 10.5 Å². The van der Waals surface area contributed by atoms with Crippen molar-refractivity contribution in [1.82, 2.24) is 0 Å². The summed E-state index contributed by atoms with van der Waals surface area (Å²) in [6.45, 7) is 0.499. The van der Waals surface area contributed by atoms with Gasteiger partial charge in [-0.1, -0.05) is 29.3 Å². The highest BCUT2D eigenvalue weighted by Gasteiger charge is 2.04. The Hall–Kier alpha value is -1.29. The summed E-state index contributed by atoms with van der Waals surface area (Å²) in [4.78, 5) is 0. The Morgan fingerprint density at radius 2 is 1.89 bits per heavy atom. The topological polar surface area (TPSA) is 35.2 Å². The molecule has 2 N–H and O–H groups in total. The zero-order valence-electron chi connectivity index (χ0n) is 10.00. The van der Waals surface area contributed by atoms with Gasteiger partial charge in [-0.05, 0) is 29.8 Å². The molecule has 0 unspecified atom stereocenters. The minimum atomic E-state index is -0.375. The second-order valence-corrected chi connectivity index (χ2v) is 4.87. The van der Waals surface area contributed by atoms with Gasteiger partial charge in [-0.25, -0.2) is 4.39 Å². The number of hydrogen-bond acceptors (Lipinski definition) is 2. The lowest BCUT2D eigenvalue weighted by molar-refractivity contribution is 0.304. The first-order valence-corrected chi connectivity index (χ1v) is 6.40. The van der Waals surface area contributed by atoms with E-state index >= 15 is 0 Å². The van der Waals surface area contributed by atoms with Crippen LogP contribution in [-0.2, 0) is 13.2 Å². The molecular formula is C14H12Cl2FNO. The van der Waals surface area contributed by atoms with Gasteiger partial charge >= 0.3 is 0 Å². The number of rotatable bonds is 4. The number of ether oxygens (including phenoxy) is 1. The van der Waals surface area contributed by atoms with Gasteiger partial charge in [0.15, 0.2) is 0 Å². The molecule has 0 heterocycles. The van der Waals surface area contributed by atoms with Gasteiger partial charge in [-0.3, -0.25) is 0 Å². The molecule has 0 aliphatic heterocycles. The predicted octanol–water partition coefficient (Wildman–Crippen LogP) is 4.17. The van der Waals surface area contributed by atoms with E-state index in [0.29, 0.717) is 21.4 Å². The molecule has 2 rings (SSSR count). The lowest BCUT2D eigenvalue weighted by atomic mass is 10.2. The van der Waals surface area contributed by atoms with Crippen molar-refractivity contribution in [3.63, 3.8) is 0 Å². The molecule has 0 atom stereocenters. The maximum absolute atomic E-state index is 13.3. The van der Waals surface area contributed by atoms with Gasteiger partial charge in [-0.15, -0.1) is 0 Å². The summed E-state index contributed by atoms with van der Waals surface area (Å²) in [6.07, 6.45) is 0. The number of nitrogens with two attached hydrogens (primary N) is 1. The first-order valence-electron chi connectivity index (χ1n) is 5.65. The van der Waals surface area contributed by atoms with Crippen molar-refractivity contribution in [2.45, 2.75) is 13.2 Å². The summed E-state index contributed by atoms with van der Waals surface area (Å²) < 4.78 is 18.8. The van der Waals surface area contributed by atoms with E-state index in [-0.39, 0.29) is 19.0 Å². The smallest absolute Gasteiger partial charge is 0.127 e. The van der Waals surface area contributed by atoms with Crippen molar-refractivity contribution in [1.29, 1.82) is 0 Å². The van der Waals surface area contributed by atoms with Crippen LogP contribution in [0.2, 0.25) is 10.0 Å². The molecule has 0 saturated heterocycles. The molecule has 0 aliphatic carbocycles. The lowest BCUT2D eigenvalue weighted by Gasteiger charge is -2.09. The van der Waals surface area contributed by atoms with E-state index in [9.17, 15) is 4.39 Å². The van der Waals surface area contributed by atoms with E-state index < -0.39 is 0 Å². The van der Waals surface area contributed by atoms with Gasteiger partial charge in [0, 0.05) is 28.2 Å². The minimum absolute atomic E-state index is 0.240. The quantitative estimate of drug-likeness (QED) is 0.919. The fraction of sp³-hybridized carbons (Fsp3) is 0.143. The third kappa shape index (κ3) is 3.83. The first kappa shape index (κ1) is 14.1. The highest BCUT2D eigenvalue weighted by Crippen LogP contribution is 2.23. The highest BCUT2D eigenvalue weighted by atomic mass is 35.5. The molecule has 2 aromatic carbocycles. The molecule has 2 aromatic rings. The zero-order chi connectivity index (χ0) is 13.8. The number of hydrogen-bond donors (Lipinski definition) is 1. The fourth-order valence-corrected chi connectivity index (χ4v) is 2.08. The summed E-state index contributed by atoms with van der Waals surface area (Å²) in [6, 6.07) is 9.52. The van der Waals surface area contributed by atoms with Crippen LogP contribution in [-0.4, -0.2) is 0 Å². The highest BCUT2D eigenvalue weighted by molar-refractivity contribution is 6.35. The van der Waals surface area contributed by atoms with Crippen LogP contribution in [0.5, 0.6) is 5.75 Å². The summed E-state index contributed by atoms with van der Waals surface area (Å²) in [5, 5.41) is 1.08. The minimum Gasteiger partial charge on any atom is -0.489 e. The second kappa shape index (κ2) is 6.24. The van der Waals surface area contributed by atoms with Crippen molar-refractivity contribution in [3.8, 4) is 5.75 Å². The van der Waals surface area contributed by atoms with Gasteiger partial charge in [0.1, 0.15) is 18.2 Å². The standard InChI is InChI=1S/C14H12Cl2FNO/c15-11-2-1-10(14(16)5-11)8-19-13-4-9(7-18)3-12(17)6-13/h1-6H,7-8,18H2. The number of benzene rings is 2. The van der Waals surface area contributed by atoms with Gasteiger partial charge in [0.2, 0.25) is 0 Å². The van der Waals surface area contributed by atoms with Crippen molar-refractivity contribution < 1.29 is 9.13 Å². The molecule has 0 bridgehead atoms. The molecule has 2 nitrogen and oxygen atoms in total. The van der Waals surface area contributed by atoms with Gasteiger partial charge < -0.3 is 10.5 Å². The molecule has 0 aromatic heterocycles. The zero-order valence-corrected chi connectivity index (χ0v) is 11.5. The van der Waals surface area contributed by atoms with Crippen LogP contribution in [0.15, 0.2) is 36.4 Å². The SMILES string of the molecule is NCc1cc(F)cc(OCc2ccc(Cl)cc2Cl)c1. The van der Waals surface area contributed by atoms with Gasteiger partial charge in [0.05, 0.1) is 0 Å². The maximum Gasteiger partial charge on any atom is 0.127 e. The molecule has 0 radical (unpaired) electrons. The van der Waals surface area contributed by atoms with Crippen LogP contribution in [0.3, 0.4) is 0 Å². The summed E-state index contributed by atoms with van der Waals surface area (Å²) in [5.74, 6) is 0.0478. The monoisotopic (exact) mass is 299 g/mol. The molecule has 0 fully saturated rings. The average molecular weight is 300 g/mol. The van der Waals surface area contributed by atoms with Crippen molar-refractivity contribution in [3.05, 3.63) is 63.4 Å². The van der Waals surface area contributed by atoms with E-state index in [0.717, 1.165) is 5.56 Å². The number of halogens is 3. The van der Waals surface area contributed by atoms with Crippen molar-refractivity contribution in [2.24, 2.45) is 5.73 Å². The first-order chi connectivity index (χ1) is 9.08. The lowest BCUT2D eigenvalue weighted by Crippen LogP contribution is -2.00. The third-order valence-corrected chi connectivity index (χ3v) is 3.16. The molecule has 0 amide bonds. The van der Waals surface area contributed by atoms with Crippen LogP contribution in [0.4, 0.5) is 4.39 Å². The Bertz CT molecular complexity index is 590. The predicted molar refractivity (Wildman–Crippen MR) is 75.1 cm³/mol. The van der Waals surface area contributed by atoms with E-state index in [1.54, 1.807) is 24.3 Å². The largest absolute Gasteiger partial charge is 0.489 e.